The van der Waals surface area contributed by atoms with Crippen LogP contribution in [0, 0.1) is 0 Å². The molecule has 1 rings (SSSR count). The van der Waals surface area contributed by atoms with Gasteiger partial charge in [-0.3, -0.25) is 10.2 Å². The number of hydrogen-bond acceptors (Lipinski definition) is 4. The maximum Gasteiger partial charge on any atom is 0.268 e. The van der Waals surface area contributed by atoms with Crippen LogP contribution in [0.3, 0.4) is 0 Å². The van der Waals surface area contributed by atoms with Gasteiger partial charge in [0.05, 0.1) is 5.56 Å². The van der Waals surface area contributed by atoms with E-state index in [9.17, 15) is 4.79 Å². The molecule has 0 unspecified atom stereocenters. The van der Waals surface area contributed by atoms with E-state index >= 15 is 0 Å². The van der Waals surface area contributed by atoms with Crippen molar-refractivity contribution < 1.29 is 4.79 Å². The molecule has 1 heterocycles. The van der Waals surface area contributed by atoms with Crippen molar-refractivity contribution in [3.63, 3.8) is 0 Å². The molecule has 76 valence electrons. The minimum atomic E-state index is -1.70. The van der Waals surface area contributed by atoms with Gasteiger partial charge in [-0.25, -0.2) is 15.8 Å². The number of alkyl halides is 3. The van der Waals surface area contributed by atoms with E-state index in [0.717, 1.165) is 0 Å². The summed E-state index contributed by atoms with van der Waals surface area (Å²) in [4.78, 5) is 18.4. The van der Waals surface area contributed by atoms with Gasteiger partial charge in [-0.05, 0) is 0 Å². The summed E-state index contributed by atoms with van der Waals surface area (Å²) in [5.74, 6) is 4.38. The first-order valence-electron chi connectivity index (χ1n) is 3.35. The molecule has 3 N–H and O–H groups in total. The summed E-state index contributed by atoms with van der Waals surface area (Å²) < 4.78 is -1.70. The Morgan fingerprint density at radius 1 is 1.36 bits per heavy atom. The van der Waals surface area contributed by atoms with E-state index < -0.39 is 9.70 Å². The summed E-state index contributed by atoms with van der Waals surface area (Å²) in [5.41, 5.74) is 2.11. The van der Waals surface area contributed by atoms with Gasteiger partial charge in [0.15, 0.2) is 5.82 Å². The second-order valence-corrected chi connectivity index (χ2v) is 4.55. The van der Waals surface area contributed by atoms with E-state index in [0.29, 0.717) is 0 Å². The lowest BCUT2D eigenvalue weighted by molar-refractivity contribution is 0.0953. The Balaban J connectivity index is 2.95. The van der Waals surface area contributed by atoms with Crippen molar-refractivity contribution in [3.8, 4) is 0 Å². The van der Waals surface area contributed by atoms with E-state index in [4.69, 9.17) is 40.6 Å². The first-order chi connectivity index (χ1) is 6.45. The van der Waals surface area contributed by atoms with Crippen molar-refractivity contribution >= 4 is 40.7 Å². The SMILES string of the molecule is NNC(=O)c1cnc(C(Cl)(Cl)Cl)nc1. The monoisotopic (exact) mass is 254 g/mol. The number of hydrazine groups is 1. The highest BCUT2D eigenvalue weighted by atomic mass is 35.6. The van der Waals surface area contributed by atoms with Crippen LogP contribution < -0.4 is 11.3 Å². The van der Waals surface area contributed by atoms with Gasteiger partial charge in [-0.2, -0.15) is 0 Å². The number of nitrogens with two attached hydrogens (primary N) is 1. The Morgan fingerprint density at radius 2 is 1.86 bits per heavy atom. The maximum atomic E-state index is 11.0. The number of carbonyl (C=O) groups is 1. The fourth-order valence-electron chi connectivity index (χ4n) is 0.675. The first kappa shape index (κ1) is 11.5. The molecule has 0 saturated heterocycles. The third-order valence-corrected chi connectivity index (χ3v) is 1.81. The van der Waals surface area contributed by atoms with E-state index in [1.165, 1.54) is 12.4 Å². The largest absolute Gasteiger partial charge is 0.290 e. The van der Waals surface area contributed by atoms with Gasteiger partial charge in [0, 0.05) is 12.4 Å². The van der Waals surface area contributed by atoms with Crippen molar-refractivity contribution in [2.24, 2.45) is 5.84 Å². The first-order valence-corrected chi connectivity index (χ1v) is 4.48. The molecule has 8 heteroatoms. The molecule has 0 bridgehead atoms. The van der Waals surface area contributed by atoms with Crippen molar-refractivity contribution in [3.05, 3.63) is 23.8 Å². The molecule has 0 spiro atoms. The minimum Gasteiger partial charge on any atom is -0.290 e. The van der Waals surface area contributed by atoms with Crippen molar-refractivity contribution in [1.82, 2.24) is 15.4 Å². The number of hydrogen-bond donors (Lipinski definition) is 2. The van der Waals surface area contributed by atoms with Crippen LogP contribution in [0.5, 0.6) is 0 Å². The molecule has 0 saturated carbocycles. The summed E-state index contributed by atoms with van der Waals surface area (Å²) in [7, 11) is 0. The lowest BCUT2D eigenvalue weighted by Gasteiger charge is -2.08. The summed E-state index contributed by atoms with van der Waals surface area (Å²) in [5, 5.41) is 0. The van der Waals surface area contributed by atoms with Gasteiger partial charge in [0.25, 0.3) is 5.91 Å². The molecule has 0 atom stereocenters. The van der Waals surface area contributed by atoms with Crippen LogP contribution in [0.15, 0.2) is 12.4 Å². The topological polar surface area (TPSA) is 80.9 Å². The number of halogens is 3. The van der Waals surface area contributed by atoms with Crippen molar-refractivity contribution in [2.45, 2.75) is 3.79 Å². The van der Waals surface area contributed by atoms with E-state index in [1.54, 1.807) is 0 Å². The van der Waals surface area contributed by atoms with Crippen molar-refractivity contribution in [1.29, 1.82) is 0 Å². The third-order valence-electron chi connectivity index (χ3n) is 1.30. The number of carbonyl (C=O) groups excluding carboxylic acids is 1. The summed E-state index contributed by atoms with van der Waals surface area (Å²) >= 11 is 16.5. The van der Waals surface area contributed by atoms with E-state index in [1.807, 2.05) is 5.43 Å². The second-order valence-electron chi connectivity index (χ2n) is 2.27. The summed E-state index contributed by atoms with van der Waals surface area (Å²) in [6.45, 7) is 0. The Labute approximate surface area is 94.5 Å². The van der Waals surface area contributed by atoms with Crippen LogP contribution in [-0.2, 0) is 3.79 Å². The Morgan fingerprint density at radius 3 is 2.21 bits per heavy atom. The number of nitrogens with zero attached hydrogens (tertiary/aromatic N) is 2. The van der Waals surface area contributed by atoms with Gasteiger partial charge in [-0.15, -0.1) is 0 Å². The molecule has 0 aliphatic heterocycles. The maximum absolute atomic E-state index is 11.0. The normalized spacial score (nSPS) is 11.1. The zero-order valence-electron chi connectivity index (χ0n) is 6.67. The number of aromatic nitrogens is 2. The molecular formula is C6H5Cl3N4O. The second kappa shape index (κ2) is 4.27. The molecular weight excluding hydrogens is 250 g/mol. The zero-order valence-corrected chi connectivity index (χ0v) is 8.94. The summed E-state index contributed by atoms with van der Waals surface area (Å²) in [6, 6.07) is 0. The summed E-state index contributed by atoms with van der Waals surface area (Å²) in [6.07, 6.45) is 2.43. The van der Waals surface area contributed by atoms with Crippen LogP contribution in [0.2, 0.25) is 0 Å². The Kier molecular flexibility index (Phi) is 3.49. The average molecular weight is 255 g/mol. The highest BCUT2D eigenvalue weighted by molar-refractivity contribution is 6.66. The molecule has 14 heavy (non-hydrogen) atoms. The van der Waals surface area contributed by atoms with Crippen LogP contribution in [-0.4, -0.2) is 15.9 Å². The van der Waals surface area contributed by atoms with Crippen LogP contribution >= 0.6 is 34.8 Å². The molecule has 1 amide bonds. The fourth-order valence-corrected chi connectivity index (χ4v) is 0.968. The number of rotatable bonds is 1. The standard InChI is InChI=1S/C6H5Cl3N4O/c7-6(8,9)5-11-1-3(2-12-5)4(14)13-10/h1-2H,10H2,(H,13,14). The molecule has 0 aliphatic carbocycles. The fraction of sp³-hybridized carbons (Fsp3) is 0.167. The molecule has 1 aromatic heterocycles. The molecule has 0 aliphatic rings. The van der Waals surface area contributed by atoms with Gasteiger partial charge < -0.3 is 0 Å². The molecule has 0 radical (unpaired) electrons. The smallest absolute Gasteiger partial charge is 0.268 e. The Hall–Kier alpha value is -0.620. The highest BCUT2D eigenvalue weighted by Gasteiger charge is 2.26. The van der Waals surface area contributed by atoms with Crippen LogP contribution in [0.25, 0.3) is 0 Å². The lowest BCUT2D eigenvalue weighted by atomic mass is 10.3. The zero-order chi connectivity index (χ0) is 10.8. The molecule has 5 nitrogen and oxygen atoms in total. The predicted molar refractivity (Wildman–Crippen MR) is 52.9 cm³/mol. The quantitative estimate of drug-likeness (QED) is 0.338. The number of nitrogens with one attached hydrogen (secondary N) is 1. The van der Waals surface area contributed by atoms with Crippen LogP contribution in [0.1, 0.15) is 16.2 Å². The molecule has 0 aromatic carbocycles. The van der Waals surface area contributed by atoms with Gasteiger partial charge >= 0.3 is 0 Å². The average Bonchev–Trinajstić information content (AvgIpc) is 2.15. The van der Waals surface area contributed by atoms with Gasteiger partial charge in [-0.1, -0.05) is 34.8 Å². The highest BCUT2D eigenvalue weighted by Crippen LogP contribution is 2.35. The predicted octanol–water partition coefficient (Wildman–Crippen LogP) is 0.907. The van der Waals surface area contributed by atoms with E-state index in [2.05, 4.69) is 9.97 Å². The van der Waals surface area contributed by atoms with Gasteiger partial charge in [0.2, 0.25) is 3.79 Å². The van der Waals surface area contributed by atoms with Crippen LogP contribution in [0.4, 0.5) is 0 Å². The third kappa shape index (κ3) is 2.68. The minimum absolute atomic E-state index is 0.00364. The number of amides is 1. The molecule has 0 fully saturated rings. The van der Waals surface area contributed by atoms with Crippen molar-refractivity contribution in [2.75, 3.05) is 0 Å². The van der Waals surface area contributed by atoms with E-state index in [-0.39, 0.29) is 11.4 Å². The number of nitrogen functional groups attached to an aromatic ring is 1. The Bertz CT molecular complexity index is 334. The molecule has 1 aromatic rings. The van der Waals surface area contributed by atoms with Gasteiger partial charge in [0.1, 0.15) is 0 Å². The lowest BCUT2D eigenvalue weighted by Crippen LogP contribution is -2.30.